The number of rotatable bonds is 6. The number of nitrogens with one attached hydrogen (secondary N) is 1. The van der Waals surface area contributed by atoms with Crippen LogP contribution in [0.1, 0.15) is 38.1 Å². The highest BCUT2D eigenvalue weighted by Crippen LogP contribution is 2.24. The molecule has 2 rings (SSSR count). The van der Waals surface area contributed by atoms with Gasteiger partial charge in [0.25, 0.3) is 0 Å². The van der Waals surface area contributed by atoms with Crippen LogP contribution in [-0.4, -0.2) is 27.6 Å². The van der Waals surface area contributed by atoms with E-state index >= 15 is 0 Å². The second-order valence-corrected chi connectivity index (χ2v) is 5.01. The van der Waals surface area contributed by atoms with Crippen molar-refractivity contribution in [2.75, 3.05) is 6.54 Å². The first-order valence-electron chi connectivity index (χ1n) is 6.96. The van der Waals surface area contributed by atoms with Crippen LogP contribution in [0, 0.1) is 0 Å². The summed E-state index contributed by atoms with van der Waals surface area (Å²) in [5.41, 5.74) is 2.18. The molecule has 0 saturated carbocycles. The van der Waals surface area contributed by atoms with Gasteiger partial charge in [0.05, 0.1) is 24.0 Å². The Morgan fingerprint density at radius 1 is 1.35 bits per heavy atom. The number of hydrogen-bond donors (Lipinski definition) is 1. The molecule has 5 heteroatoms. The molecule has 108 valence electrons. The minimum Gasteiger partial charge on any atom is -0.491 e. The Hall–Kier alpha value is -1.88. The van der Waals surface area contributed by atoms with Crippen LogP contribution in [0.15, 0.2) is 30.5 Å². The van der Waals surface area contributed by atoms with E-state index < -0.39 is 0 Å². The smallest absolute Gasteiger partial charge is 0.120 e. The Labute approximate surface area is 120 Å². The van der Waals surface area contributed by atoms with Crippen molar-refractivity contribution in [3.63, 3.8) is 0 Å². The molecular formula is C15H22N4O. The highest BCUT2D eigenvalue weighted by Gasteiger charge is 2.17. The Balaban J connectivity index is 2.32. The second-order valence-electron chi connectivity index (χ2n) is 5.01. The second kappa shape index (κ2) is 6.52. The van der Waals surface area contributed by atoms with Gasteiger partial charge in [-0.05, 0) is 38.1 Å². The molecule has 0 bridgehead atoms. The van der Waals surface area contributed by atoms with Gasteiger partial charge >= 0.3 is 0 Å². The van der Waals surface area contributed by atoms with E-state index in [1.54, 1.807) is 10.9 Å². The highest BCUT2D eigenvalue weighted by molar-refractivity contribution is 5.34. The standard InChI is InChI=1S/C15H22N4O/c1-5-16-15(14-10-17-18-19(14)4)12-7-6-8-13(9-12)20-11(2)3/h6-11,15-16H,5H2,1-4H3. The summed E-state index contributed by atoms with van der Waals surface area (Å²) in [5, 5.41) is 11.4. The molecule has 1 aromatic carbocycles. The molecule has 1 heterocycles. The molecule has 0 fully saturated rings. The number of aromatic nitrogens is 3. The summed E-state index contributed by atoms with van der Waals surface area (Å²) in [4.78, 5) is 0. The van der Waals surface area contributed by atoms with E-state index in [1.165, 1.54) is 0 Å². The molecule has 0 aliphatic carbocycles. The van der Waals surface area contributed by atoms with Crippen LogP contribution in [0.25, 0.3) is 0 Å². The molecule has 1 N–H and O–H groups in total. The van der Waals surface area contributed by atoms with Gasteiger partial charge in [0, 0.05) is 7.05 Å². The molecule has 20 heavy (non-hydrogen) atoms. The van der Waals surface area contributed by atoms with Gasteiger partial charge in [-0.2, -0.15) is 0 Å². The zero-order chi connectivity index (χ0) is 14.5. The molecule has 0 saturated heterocycles. The summed E-state index contributed by atoms with van der Waals surface area (Å²) in [7, 11) is 1.90. The fourth-order valence-electron chi connectivity index (χ4n) is 2.20. The minimum atomic E-state index is 0.0655. The Bertz CT molecular complexity index is 550. The normalized spacial score (nSPS) is 12.7. The maximum Gasteiger partial charge on any atom is 0.120 e. The predicted octanol–water partition coefficient (Wildman–Crippen LogP) is 2.30. The van der Waals surface area contributed by atoms with Gasteiger partial charge in [-0.25, -0.2) is 0 Å². The first-order chi connectivity index (χ1) is 9.61. The largest absolute Gasteiger partial charge is 0.491 e. The van der Waals surface area contributed by atoms with Crippen LogP contribution in [0.3, 0.4) is 0 Å². The topological polar surface area (TPSA) is 52.0 Å². The maximum absolute atomic E-state index is 5.76. The SMILES string of the molecule is CCNC(c1cccc(OC(C)C)c1)c1cnnn1C. The van der Waals surface area contributed by atoms with Crippen molar-refractivity contribution in [1.82, 2.24) is 20.3 Å². The lowest BCUT2D eigenvalue weighted by molar-refractivity contribution is 0.242. The number of benzene rings is 1. The van der Waals surface area contributed by atoms with Crippen molar-refractivity contribution in [1.29, 1.82) is 0 Å². The van der Waals surface area contributed by atoms with E-state index in [4.69, 9.17) is 4.74 Å². The van der Waals surface area contributed by atoms with Crippen LogP contribution in [0.2, 0.25) is 0 Å². The molecule has 5 nitrogen and oxygen atoms in total. The molecule has 0 aliphatic rings. The number of aryl methyl sites for hydroxylation is 1. The summed E-state index contributed by atoms with van der Waals surface area (Å²) in [6.07, 6.45) is 1.96. The van der Waals surface area contributed by atoms with Crippen LogP contribution in [0.4, 0.5) is 0 Å². The van der Waals surface area contributed by atoms with Gasteiger partial charge in [-0.1, -0.05) is 24.3 Å². The van der Waals surface area contributed by atoms with E-state index in [1.807, 2.05) is 33.0 Å². The monoisotopic (exact) mass is 274 g/mol. The van der Waals surface area contributed by atoms with Crippen molar-refractivity contribution >= 4 is 0 Å². The molecule has 1 unspecified atom stereocenters. The summed E-state index contributed by atoms with van der Waals surface area (Å²) in [5.74, 6) is 0.885. The Kier molecular flexibility index (Phi) is 4.74. The summed E-state index contributed by atoms with van der Waals surface area (Å²) < 4.78 is 7.56. The quantitative estimate of drug-likeness (QED) is 0.878. The lowest BCUT2D eigenvalue weighted by atomic mass is 10.0. The molecule has 1 atom stereocenters. The third-order valence-corrected chi connectivity index (χ3v) is 3.02. The van der Waals surface area contributed by atoms with Crippen molar-refractivity contribution in [2.45, 2.75) is 32.9 Å². The fourth-order valence-corrected chi connectivity index (χ4v) is 2.20. The average molecular weight is 274 g/mol. The predicted molar refractivity (Wildman–Crippen MR) is 78.7 cm³/mol. The van der Waals surface area contributed by atoms with Gasteiger partial charge in [0.15, 0.2) is 0 Å². The first-order valence-corrected chi connectivity index (χ1v) is 6.96. The van der Waals surface area contributed by atoms with E-state index in [0.29, 0.717) is 0 Å². The van der Waals surface area contributed by atoms with Crippen molar-refractivity contribution in [3.05, 3.63) is 41.7 Å². The minimum absolute atomic E-state index is 0.0655. The van der Waals surface area contributed by atoms with Gasteiger partial charge in [-0.15, -0.1) is 5.10 Å². The van der Waals surface area contributed by atoms with E-state index in [9.17, 15) is 0 Å². The van der Waals surface area contributed by atoms with Gasteiger partial charge in [0.1, 0.15) is 5.75 Å². The van der Waals surface area contributed by atoms with Crippen molar-refractivity contribution in [3.8, 4) is 5.75 Å². The number of ether oxygens (including phenoxy) is 1. The average Bonchev–Trinajstić information content (AvgIpc) is 2.81. The molecule has 0 radical (unpaired) electrons. The lowest BCUT2D eigenvalue weighted by Gasteiger charge is -2.19. The zero-order valence-corrected chi connectivity index (χ0v) is 12.5. The van der Waals surface area contributed by atoms with Crippen LogP contribution < -0.4 is 10.1 Å². The molecule has 0 spiro atoms. The zero-order valence-electron chi connectivity index (χ0n) is 12.5. The highest BCUT2D eigenvalue weighted by atomic mass is 16.5. The maximum atomic E-state index is 5.76. The van der Waals surface area contributed by atoms with E-state index in [-0.39, 0.29) is 12.1 Å². The Morgan fingerprint density at radius 2 is 2.15 bits per heavy atom. The van der Waals surface area contributed by atoms with Crippen LogP contribution >= 0.6 is 0 Å². The van der Waals surface area contributed by atoms with Gasteiger partial charge in [-0.3, -0.25) is 4.68 Å². The lowest BCUT2D eigenvalue weighted by Crippen LogP contribution is -2.24. The summed E-state index contributed by atoms with van der Waals surface area (Å²) in [6.45, 7) is 7.01. The summed E-state index contributed by atoms with van der Waals surface area (Å²) in [6, 6.07) is 8.22. The van der Waals surface area contributed by atoms with Crippen LogP contribution in [0.5, 0.6) is 5.75 Å². The van der Waals surface area contributed by atoms with Crippen molar-refractivity contribution < 1.29 is 4.74 Å². The van der Waals surface area contributed by atoms with E-state index in [2.05, 4.69) is 34.7 Å². The van der Waals surface area contributed by atoms with Gasteiger partial charge < -0.3 is 10.1 Å². The third-order valence-electron chi connectivity index (χ3n) is 3.02. The number of nitrogens with zero attached hydrogens (tertiary/aromatic N) is 3. The Morgan fingerprint density at radius 3 is 2.75 bits per heavy atom. The van der Waals surface area contributed by atoms with Gasteiger partial charge in [0.2, 0.25) is 0 Å². The van der Waals surface area contributed by atoms with Crippen LogP contribution in [-0.2, 0) is 7.05 Å². The molecule has 1 aromatic heterocycles. The molecule has 0 amide bonds. The summed E-state index contributed by atoms with van der Waals surface area (Å²) >= 11 is 0. The third kappa shape index (κ3) is 3.36. The molecule has 2 aromatic rings. The van der Waals surface area contributed by atoms with Crippen molar-refractivity contribution in [2.24, 2.45) is 7.05 Å². The fraction of sp³-hybridized carbons (Fsp3) is 0.467. The molecular weight excluding hydrogens is 252 g/mol. The first kappa shape index (κ1) is 14.5. The van der Waals surface area contributed by atoms with E-state index in [0.717, 1.165) is 23.6 Å². The molecule has 0 aliphatic heterocycles. The number of hydrogen-bond acceptors (Lipinski definition) is 4.